The first-order valence-electron chi connectivity index (χ1n) is 5.88. The van der Waals surface area contributed by atoms with Gasteiger partial charge in [-0.25, -0.2) is 9.18 Å². The summed E-state index contributed by atoms with van der Waals surface area (Å²) in [5, 5.41) is 28.7. The molecule has 0 aliphatic carbocycles. The number of halogens is 1. The maximum atomic E-state index is 14.0. The highest BCUT2D eigenvalue weighted by atomic mass is 19.2. The number of nitrogens with one attached hydrogen (secondary N) is 1. The fourth-order valence-corrected chi connectivity index (χ4v) is 2.15. The van der Waals surface area contributed by atoms with Crippen LogP contribution in [0.25, 0.3) is 0 Å². The molecule has 0 radical (unpaired) electrons. The maximum absolute atomic E-state index is 14.0. The first-order valence-corrected chi connectivity index (χ1v) is 5.88. The second kappa shape index (κ2) is 4.77. The molecule has 9 heteroatoms. The number of hydrogen-bond acceptors (Lipinski definition) is 6. The van der Waals surface area contributed by atoms with Crippen molar-refractivity contribution in [3.05, 3.63) is 33.1 Å². The van der Waals surface area contributed by atoms with E-state index >= 15 is 0 Å². The molecule has 1 fully saturated rings. The molecular weight excluding hydrogens is 275 g/mol. The highest BCUT2D eigenvalue weighted by Gasteiger charge is 2.61. The molecule has 1 aromatic heterocycles. The van der Waals surface area contributed by atoms with Crippen molar-refractivity contribution in [2.24, 2.45) is 0 Å². The van der Waals surface area contributed by atoms with E-state index in [0.717, 1.165) is 23.8 Å². The lowest BCUT2D eigenvalue weighted by molar-refractivity contribution is -0.197. The number of nitrogens with zero attached hydrogens (tertiary/aromatic N) is 1. The van der Waals surface area contributed by atoms with Crippen LogP contribution in [0.3, 0.4) is 0 Å². The van der Waals surface area contributed by atoms with E-state index in [0.29, 0.717) is 0 Å². The van der Waals surface area contributed by atoms with Crippen molar-refractivity contribution < 1.29 is 24.4 Å². The number of rotatable bonds is 3. The summed E-state index contributed by atoms with van der Waals surface area (Å²) in [5.41, 5.74) is -3.36. The Bertz CT molecular complexity index is 611. The Morgan fingerprint density at radius 3 is 2.70 bits per heavy atom. The highest BCUT2D eigenvalue weighted by molar-refractivity contribution is 5.04. The van der Waals surface area contributed by atoms with Crippen molar-refractivity contribution in [3.8, 4) is 0 Å². The Morgan fingerprint density at radius 2 is 2.20 bits per heavy atom. The first kappa shape index (κ1) is 14.9. The second-order valence-corrected chi connectivity index (χ2v) is 4.94. The molecule has 20 heavy (non-hydrogen) atoms. The molecule has 1 aliphatic heterocycles. The van der Waals surface area contributed by atoms with E-state index < -0.39 is 41.5 Å². The van der Waals surface area contributed by atoms with Crippen LogP contribution in [-0.4, -0.2) is 55.1 Å². The lowest BCUT2D eigenvalue weighted by Crippen LogP contribution is -2.50. The van der Waals surface area contributed by atoms with Gasteiger partial charge in [-0.2, -0.15) is 0 Å². The SMILES string of the molecule is C[C@]1(O)[C@H](Cn2ccc(=O)[nH]c2=O)O[C@](F)(CO)[C@H]1O. The van der Waals surface area contributed by atoms with Crippen LogP contribution < -0.4 is 11.2 Å². The van der Waals surface area contributed by atoms with Gasteiger partial charge in [0, 0.05) is 12.3 Å². The minimum Gasteiger partial charge on any atom is -0.390 e. The molecule has 1 aliphatic rings. The van der Waals surface area contributed by atoms with Crippen LogP contribution in [0.2, 0.25) is 0 Å². The number of hydrogen-bond donors (Lipinski definition) is 4. The van der Waals surface area contributed by atoms with Gasteiger partial charge in [0.25, 0.3) is 11.4 Å². The number of aromatic amines is 1. The monoisotopic (exact) mass is 290 g/mol. The maximum Gasteiger partial charge on any atom is 0.328 e. The van der Waals surface area contributed by atoms with E-state index in [1.165, 1.54) is 0 Å². The van der Waals surface area contributed by atoms with Gasteiger partial charge in [0.2, 0.25) is 0 Å². The summed E-state index contributed by atoms with van der Waals surface area (Å²) in [6.45, 7) is -0.303. The molecule has 0 bridgehead atoms. The van der Waals surface area contributed by atoms with Crippen molar-refractivity contribution in [3.63, 3.8) is 0 Å². The van der Waals surface area contributed by atoms with Crippen molar-refractivity contribution in [2.75, 3.05) is 6.61 Å². The molecule has 0 amide bonds. The number of aliphatic hydroxyl groups excluding tert-OH is 2. The summed E-state index contributed by atoms with van der Waals surface area (Å²) < 4.78 is 19.9. The third kappa shape index (κ3) is 2.29. The number of ether oxygens (including phenoxy) is 1. The van der Waals surface area contributed by atoms with Crippen LogP contribution in [0.4, 0.5) is 4.39 Å². The Morgan fingerprint density at radius 1 is 1.55 bits per heavy atom. The Hall–Kier alpha value is -1.55. The fourth-order valence-electron chi connectivity index (χ4n) is 2.15. The molecule has 2 rings (SSSR count). The molecule has 0 unspecified atom stereocenters. The van der Waals surface area contributed by atoms with Gasteiger partial charge in [0.1, 0.15) is 24.4 Å². The normalized spacial score (nSPS) is 37.2. The molecule has 0 spiro atoms. The van der Waals surface area contributed by atoms with Gasteiger partial charge in [-0.05, 0) is 6.92 Å². The van der Waals surface area contributed by atoms with Gasteiger partial charge in [0.15, 0.2) is 0 Å². The summed E-state index contributed by atoms with van der Waals surface area (Å²) in [7, 11) is 0. The lowest BCUT2D eigenvalue weighted by Gasteiger charge is -2.26. The summed E-state index contributed by atoms with van der Waals surface area (Å²) >= 11 is 0. The van der Waals surface area contributed by atoms with E-state index in [1.54, 1.807) is 0 Å². The minimum atomic E-state index is -2.81. The van der Waals surface area contributed by atoms with Crippen LogP contribution in [-0.2, 0) is 11.3 Å². The highest BCUT2D eigenvalue weighted by Crippen LogP contribution is 2.39. The summed E-state index contributed by atoms with van der Waals surface area (Å²) in [6, 6.07) is 1.08. The Balaban J connectivity index is 2.30. The predicted molar refractivity (Wildman–Crippen MR) is 63.8 cm³/mol. The third-order valence-electron chi connectivity index (χ3n) is 3.43. The smallest absolute Gasteiger partial charge is 0.328 e. The van der Waals surface area contributed by atoms with Gasteiger partial charge < -0.3 is 20.1 Å². The molecule has 4 atom stereocenters. The topological polar surface area (TPSA) is 125 Å². The predicted octanol–water partition coefficient (Wildman–Crippen LogP) is -2.29. The Kier molecular flexibility index (Phi) is 3.54. The number of alkyl halides is 1. The zero-order chi connectivity index (χ0) is 15.1. The quantitative estimate of drug-likeness (QED) is 0.496. The van der Waals surface area contributed by atoms with E-state index in [9.17, 15) is 24.2 Å². The Labute approximate surface area is 112 Å². The van der Waals surface area contributed by atoms with Crippen LogP contribution in [0.5, 0.6) is 0 Å². The zero-order valence-electron chi connectivity index (χ0n) is 10.6. The minimum absolute atomic E-state index is 0.300. The zero-order valence-corrected chi connectivity index (χ0v) is 10.6. The standard InChI is InChI=1S/C11H15FN2O6/c1-10(19)6(20-11(12,5-15)8(10)17)4-14-3-2-7(16)13-9(14)18/h2-3,6,8,15,17,19H,4-5H2,1H3,(H,13,16,18)/t6-,8-,10-,11+/m0/s1. The van der Waals surface area contributed by atoms with Crippen LogP contribution >= 0.6 is 0 Å². The molecule has 112 valence electrons. The van der Waals surface area contributed by atoms with Crippen LogP contribution in [0, 0.1) is 0 Å². The molecular formula is C11H15FN2O6. The summed E-state index contributed by atoms with van der Waals surface area (Å²) in [5.74, 6) is -2.81. The van der Waals surface area contributed by atoms with E-state index in [-0.39, 0.29) is 6.54 Å². The lowest BCUT2D eigenvalue weighted by atomic mass is 9.92. The number of aromatic nitrogens is 2. The van der Waals surface area contributed by atoms with Gasteiger partial charge in [-0.1, -0.05) is 0 Å². The van der Waals surface area contributed by atoms with Crippen molar-refractivity contribution in [1.82, 2.24) is 9.55 Å². The largest absolute Gasteiger partial charge is 0.390 e. The second-order valence-electron chi connectivity index (χ2n) is 4.94. The summed E-state index contributed by atoms with van der Waals surface area (Å²) in [4.78, 5) is 24.4. The molecule has 0 aromatic carbocycles. The van der Waals surface area contributed by atoms with Crippen molar-refractivity contribution >= 4 is 0 Å². The van der Waals surface area contributed by atoms with Crippen LogP contribution in [0.15, 0.2) is 21.9 Å². The molecule has 8 nitrogen and oxygen atoms in total. The number of H-pyrrole nitrogens is 1. The molecule has 1 saturated heterocycles. The van der Waals surface area contributed by atoms with Crippen molar-refractivity contribution in [1.29, 1.82) is 0 Å². The van der Waals surface area contributed by atoms with Gasteiger partial charge in [-0.15, -0.1) is 0 Å². The fraction of sp³-hybridized carbons (Fsp3) is 0.636. The summed E-state index contributed by atoms with van der Waals surface area (Å²) in [6.07, 6.45) is -2.09. The first-order chi connectivity index (χ1) is 9.20. The van der Waals surface area contributed by atoms with Gasteiger partial charge in [-0.3, -0.25) is 14.3 Å². The molecule has 2 heterocycles. The average molecular weight is 290 g/mol. The van der Waals surface area contributed by atoms with Gasteiger partial charge in [0.05, 0.1) is 6.54 Å². The van der Waals surface area contributed by atoms with Gasteiger partial charge >= 0.3 is 5.69 Å². The van der Waals surface area contributed by atoms with E-state index in [4.69, 9.17) is 9.84 Å². The van der Waals surface area contributed by atoms with E-state index in [1.807, 2.05) is 4.98 Å². The molecule has 1 aromatic rings. The third-order valence-corrected chi connectivity index (χ3v) is 3.43. The molecule has 4 N–H and O–H groups in total. The van der Waals surface area contributed by atoms with E-state index in [2.05, 4.69) is 0 Å². The average Bonchev–Trinajstić information content (AvgIpc) is 2.55. The molecule has 0 saturated carbocycles. The number of aliphatic hydroxyl groups is 3. The van der Waals surface area contributed by atoms with Crippen LogP contribution in [0.1, 0.15) is 6.92 Å². The van der Waals surface area contributed by atoms with Crippen molar-refractivity contribution in [2.45, 2.75) is 37.1 Å².